The topological polar surface area (TPSA) is 94.2 Å². The summed E-state index contributed by atoms with van der Waals surface area (Å²) in [6, 6.07) is 0. The molecule has 5 aliphatic rings. The lowest BCUT2D eigenvalue weighted by Crippen LogP contribution is -2.63. The lowest BCUT2D eigenvalue weighted by atomic mass is 9.44. The summed E-state index contributed by atoms with van der Waals surface area (Å²) in [5, 5.41) is 2.57. The van der Waals surface area contributed by atoms with Crippen molar-refractivity contribution in [2.24, 2.45) is 45.8 Å². The number of methoxy groups -OCH3 is 1. The lowest BCUT2D eigenvalue weighted by molar-refractivity contribution is -0.214. The molecule has 0 aromatic heterocycles. The predicted octanol–water partition coefficient (Wildman–Crippen LogP) is 4.75. The van der Waals surface area contributed by atoms with Crippen LogP contribution in [-0.4, -0.2) is 68.4 Å². The second-order valence-electron chi connectivity index (χ2n) is 13.5. The van der Waals surface area contributed by atoms with E-state index in [9.17, 15) is 14.4 Å². The molecule has 5 fully saturated rings. The smallest absolute Gasteiger partial charge is 0.414 e. The molecule has 218 valence electrons. The van der Waals surface area contributed by atoms with Gasteiger partial charge in [-0.25, -0.2) is 4.79 Å². The Hall–Kier alpha value is -1.48. The van der Waals surface area contributed by atoms with Crippen molar-refractivity contribution in [2.75, 3.05) is 33.5 Å². The van der Waals surface area contributed by atoms with E-state index in [1.807, 2.05) is 6.08 Å². The highest BCUT2D eigenvalue weighted by Crippen LogP contribution is 2.68. The van der Waals surface area contributed by atoms with Crippen LogP contribution in [0.5, 0.6) is 0 Å². The Morgan fingerprint density at radius 3 is 2.59 bits per heavy atom. The van der Waals surface area contributed by atoms with Gasteiger partial charge in [0.25, 0.3) is 0 Å². The number of hydrogen-bond acceptors (Lipinski definition) is 7. The molecular weight excluding hydrogens is 520 g/mol. The van der Waals surface area contributed by atoms with Gasteiger partial charge in [-0.1, -0.05) is 45.4 Å². The fourth-order valence-electron chi connectivity index (χ4n) is 9.50. The molecule has 4 bridgehead atoms. The SMILES string of the molecule is COCO[C@H]1[C@H](C)C23CCC(=O)C2[C@@](C)([C@H](C)CC3)[C@H](OC(=O)NC(=O)[C@H]2CN3CC[C@@H]2C3)C[C@@]1(C)C=CCl. The van der Waals surface area contributed by atoms with E-state index in [2.05, 4.69) is 37.9 Å². The van der Waals surface area contributed by atoms with Gasteiger partial charge in [-0.3, -0.25) is 14.9 Å². The number of fused-ring (bicyclic) bond motifs is 2. The van der Waals surface area contributed by atoms with Crippen LogP contribution in [0.15, 0.2) is 11.6 Å². The maximum atomic E-state index is 13.7. The number of amides is 2. The Balaban J connectivity index is 1.50. The number of Topliss-reactive ketones (excluding diaryl/α,β-unsaturated/α-hetero) is 1. The van der Waals surface area contributed by atoms with Crippen LogP contribution >= 0.6 is 11.6 Å². The number of nitrogens with one attached hydrogen (secondary N) is 1. The minimum Gasteiger partial charge on any atom is -0.445 e. The van der Waals surface area contributed by atoms with Crippen LogP contribution in [0, 0.1) is 45.8 Å². The molecule has 8 nitrogen and oxygen atoms in total. The van der Waals surface area contributed by atoms with Crippen LogP contribution in [-0.2, 0) is 23.8 Å². The number of ether oxygens (including phenoxy) is 3. The molecule has 9 heteroatoms. The highest BCUT2D eigenvalue weighted by molar-refractivity contribution is 6.25. The molecule has 39 heavy (non-hydrogen) atoms. The second-order valence-corrected chi connectivity index (χ2v) is 13.8. The van der Waals surface area contributed by atoms with Crippen molar-refractivity contribution < 1.29 is 28.6 Å². The number of nitrogens with zero attached hydrogens (tertiary/aromatic N) is 1. The van der Waals surface area contributed by atoms with Gasteiger partial charge in [-0.2, -0.15) is 0 Å². The third-order valence-corrected chi connectivity index (χ3v) is 11.9. The molecule has 3 unspecified atom stereocenters. The Kier molecular flexibility index (Phi) is 7.99. The molecule has 5 rings (SSSR count). The van der Waals surface area contributed by atoms with Gasteiger partial charge in [-0.05, 0) is 61.8 Å². The van der Waals surface area contributed by atoms with Crippen molar-refractivity contribution in [3.63, 3.8) is 0 Å². The van der Waals surface area contributed by atoms with E-state index in [0.29, 0.717) is 25.3 Å². The summed E-state index contributed by atoms with van der Waals surface area (Å²) in [6.45, 7) is 11.4. The van der Waals surface area contributed by atoms with Crippen molar-refractivity contribution in [1.82, 2.24) is 10.2 Å². The first-order valence-corrected chi connectivity index (χ1v) is 15.1. The number of halogens is 1. The number of hydrogen-bond donors (Lipinski definition) is 1. The van der Waals surface area contributed by atoms with Gasteiger partial charge in [-0.15, -0.1) is 0 Å². The lowest BCUT2D eigenvalue weighted by Gasteiger charge is -2.62. The molecule has 0 radical (unpaired) electrons. The van der Waals surface area contributed by atoms with Crippen molar-refractivity contribution >= 4 is 29.4 Å². The van der Waals surface area contributed by atoms with Crippen molar-refractivity contribution in [3.8, 4) is 0 Å². The summed E-state index contributed by atoms with van der Waals surface area (Å²) in [7, 11) is 1.60. The molecule has 2 amide bonds. The molecule has 0 aromatic carbocycles. The zero-order valence-electron chi connectivity index (χ0n) is 24.0. The average Bonchev–Trinajstić information content (AvgIpc) is 3.61. The Morgan fingerprint density at radius 2 is 1.95 bits per heavy atom. The van der Waals surface area contributed by atoms with Crippen molar-refractivity contribution in [3.05, 3.63) is 11.6 Å². The third-order valence-electron chi connectivity index (χ3n) is 11.7. The molecule has 0 aromatic rings. The molecule has 11 atom stereocenters. The Labute approximate surface area is 237 Å². The number of carbonyl (C=O) groups excluding carboxylic acids is 3. The summed E-state index contributed by atoms with van der Waals surface area (Å²) in [5.41, 5.74) is 0.0455. The highest BCUT2D eigenvalue weighted by Gasteiger charge is 2.68. The fourth-order valence-corrected chi connectivity index (χ4v) is 9.78. The van der Waals surface area contributed by atoms with Crippen LogP contribution < -0.4 is 5.32 Å². The quantitative estimate of drug-likeness (QED) is 0.465. The van der Waals surface area contributed by atoms with E-state index in [1.54, 1.807) is 7.11 Å². The van der Waals surface area contributed by atoms with E-state index < -0.39 is 23.0 Å². The molecule has 3 aliphatic carbocycles. The monoisotopic (exact) mass is 564 g/mol. The largest absolute Gasteiger partial charge is 0.445 e. The van der Waals surface area contributed by atoms with Crippen LogP contribution in [0.4, 0.5) is 4.79 Å². The first-order chi connectivity index (χ1) is 18.5. The minimum absolute atomic E-state index is 0.0536. The van der Waals surface area contributed by atoms with Gasteiger partial charge in [0.2, 0.25) is 5.91 Å². The number of piperidine rings is 1. The summed E-state index contributed by atoms with van der Waals surface area (Å²) in [6.07, 6.45) is 4.86. The number of alkyl carbamates (subject to hydrolysis) is 1. The molecule has 2 heterocycles. The first kappa shape index (κ1) is 29.0. The second kappa shape index (κ2) is 10.7. The zero-order chi connectivity index (χ0) is 28.2. The molecular formula is C30H45ClN2O6. The van der Waals surface area contributed by atoms with Crippen LogP contribution in [0.1, 0.15) is 66.2 Å². The van der Waals surface area contributed by atoms with E-state index in [4.69, 9.17) is 25.8 Å². The maximum absolute atomic E-state index is 13.7. The van der Waals surface area contributed by atoms with Crippen LogP contribution in [0.3, 0.4) is 0 Å². The van der Waals surface area contributed by atoms with E-state index in [0.717, 1.165) is 38.8 Å². The summed E-state index contributed by atoms with van der Waals surface area (Å²) >= 11 is 6.22. The van der Waals surface area contributed by atoms with E-state index in [1.165, 1.54) is 5.54 Å². The normalized spacial score (nSPS) is 47.1. The molecule has 0 spiro atoms. The summed E-state index contributed by atoms with van der Waals surface area (Å²) < 4.78 is 18.0. The van der Waals surface area contributed by atoms with Gasteiger partial charge >= 0.3 is 6.09 Å². The van der Waals surface area contributed by atoms with E-state index >= 15 is 0 Å². The number of carbonyl (C=O) groups is 3. The van der Waals surface area contributed by atoms with Gasteiger partial charge in [0.15, 0.2) is 0 Å². The average molecular weight is 565 g/mol. The summed E-state index contributed by atoms with van der Waals surface area (Å²) in [4.78, 5) is 42.5. The van der Waals surface area contributed by atoms with Crippen LogP contribution in [0.25, 0.3) is 0 Å². The fraction of sp³-hybridized carbons (Fsp3) is 0.833. The molecule has 3 saturated carbocycles. The molecule has 2 saturated heterocycles. The predicted molar refractivity (Wildman–Crippen MR) is 147 cm³/mol. The molecule has 1 N–H and O–H groups in total. The zero-order valence-corrected chi connectivity index (χ0v) is 24.8. The van der Waals surface area contributed by atoms with Gasteiger partial charge in [0.1, 0.15) is 18.7 Å². The van der Waals surface area contributed by atoms with Gasteiger partial charge < -0.3 is 19.1 Å². The minimum atomic E-state index is -0.724. The Bertz CT molecular complexity index is 1020. The third kappa shape index (κ3) is 4.67. The number of imide groups is 1. The first-order valence-electron chi connectivity index (χ1n) is 14.6. The highest BCUT2D eigenvalue weighted by atomic mass is 35.5. The summed E-state index contributed by atoms with van der Waals surface area (Å²) in [5.74, 6) is 0.0470. The van der Waals surface area contributed by atoms with E-state index in [-0.39, 0.29) is 53.7 Å². The number of rotatable bonds is 6. The Morgan fingerprint density at radius 1 is 1.18 bits per heavy atom. The number of ketones is 1. The van der Waals surface area contributed by atoms with Crippen molar-refractivity contribution in [1.29, 1.82) is 0 Å². The van der Waals surface area contributed by atoms with Gasteiger partial charge in [0.05, 0.1) is 12.0 Å². The van der Waals surface area contributed by atoms with Crippen molar-refractivity contribution in [2.45, 2.75) is 78.4 Å². The van der Waals surface area contributed by atoms with Gasteiger partial charge in [0, 0.05) is 48.9 Å². The standard InChI is InChI=1S/C30H45ClN2O6/c1-18-6-9-30-10-7-22(34)24(30)29(18,4)23(14-28(3,11-12-31)25(19(30)2)38-17-37-5)39-27(36)32-26(35)21-16-33-13-8-20(21)15-33/h11-12,18-21,23-25H,6-10,13-17H2,1-5H3,(H,32,35,36)/t18-,19+,20-,21+,23-,24?,25+,28-,29+,30?/m1/s1. The molecule has 2 aliphatic heterocycles. The van der Waals surface area contributed by atoms with Crippen LogP contribution in [0.2, 0.25) is 0 Å². The maximum Gasteiger partial charge on any atom is 0.414 e.